The normalized spacial score (nSPS) is 16.0. The van der Waals surface area contributed by atoms with E-state index in [0.29, 0.717) is 33.6 Å². The van der Waals surface area contributed by atoms with Crippen molar-refractivity contribution >= 4 is 29.3 Å². The summed E-state index contributed by atoms with van der Waals surface area (Å²) in [6.07, 6.45) is 0.168. The number of carbonyl (C=O) groups is 2. The van der Waals surface area contributed by atoms with Crippen molar-refractivity contribution < 1.29 is 24.2 Å². The number of nitrogens with zero attached hydrogens (tertiary/aromatic N) is 2. The molecule has 0 saturated heterocycles. The van der Waals surface area contributed by atoms with Gasteiger partial charge in [-0.2, -0.15) is 5.10 Å². The fourth-order valence-electron chi connectivity index (χ4n) is 3.30. The average Bonchev–Trinajstić information content (AvgIpc) is 2.88. The van der Waals surface area contributed by atoms with Crippen molar-refractivity contribution in [2.24, 2.45) is 0 Å². The van der Waals surface area contributed by atoms with E-state index in [0.717, 1.165) is 5.56 Å². The molecule has 1 aromatic heterocycles. The van der Waals surface area contributed by atoms with Crippen LogP contribution in [0.4, 0.5) is 5.82 Å². The number of aliphatic carboxylic acids is 1. The van der Waals surface area contributed by atoms with Gasteiger partial charge < -0.3 is 19.9 Å². The minimum absolute atomic E-state index is 0.168. The van der Waals surface area contributed by atoms with Crippen LogP contribution in [-0.4, -0.2) is 41.0 Å². The lowest BCUT2D eigenvalue weighted by atomic mass is 9.85. The Hall–Kier alpha value is -2.74. The molecule has 0 saturated carbocycles. The van der Waals surface area contributed by atoms with Gasteiger partial charge in [0, 0.05) is 17.9 Å². The predicted octanol–water partition coefficient (Wildman–Crippen LogP) is 2.42. The molecule has 1 aliphatic rings. The van der Waals surface area contributed by atoms with Crippen molar-refractivity contribution in [1.29, 1.82) is 0 Å². The van der Waals surface area contributed by atoms with Crippen molar-refractivity contribution in [3.63, 3.8) is 0 Å². The number of amides is 1. The van der Waals surface area contributed by atoms with Crippen molar-refractivity contribution in [2.75, 3.05) is 19.5 Å². The molecule has 2 N–H and O–H groups in total. The summed E-state index contributed by atoms with van der Waals surface area (Å²) in [6.45, 7) is 1.43. The van der Waals surface area contributed by atoms with Gasteiger partial charge in [0.1, 0.15) is 12.4 Å². The maximum atomic E-state index is 12.2. The van der Waals surface area contributed by atoms with Gasteiger partial charge in [0.2, 0.25) is 5.91 Å². The molecule has 1 aromatic carbocycles. The second-order valence-corrected chi connectivity index (χ2v) is 6.29. The molecule has 1 amide bonds. The second kappa shape index (κ2) is 6.87. The Morgan fingerprint density at radius 3 is 2.77 bits per heavy atom. The second-order valence-electron chi connectivity index (χ2n) is 5.91. The number of carbonyl (C=O) groups excluding carboxylic acids is 1. The van der Waals surface area contributed by atoms with Gasteiger partial charge in [-0.3, -0.25) is 9.59 Å². The van der Waals surface area contributed by atoms with Crippen LogP contribution in [0.3, 0.4) is 0 Å². The molecule has 8 nitrogen and oxygen atoms in total. The molecule has 0 unspecified atom stereocenters. The molecule has 1 atom stereocenters. The number of ether oxygens (including phenoxy) is 2. The van der Waals surface area contributed by atoms with E-state index in [4.69, 9.17) is 26.2 Å². The first kappa shape index (κ1) is 18.1. The van der Waals surface area contributed by atoms with Crippen molar-refractivity contribution in [1.82, 2.24) is 9.78 Å². The summed E-state index contributed by atoms with van der Waals surface area (Å²) >= 11 is 6.53. The first-order valence-corrected chi connectivity index (χ1v) is 8.24. The minimum Gasteiger partial charge on any atom is -0.493 e. The fraction of sp³-hybridized carbons (Fsp3) is 0.353. The zero-order valence-corrected chi connectivity index (χ0v) is 15.3. The lowest BCUT2D eigenvalue weighted by Gasteiger charge is -2.26. The predicted molar refractivity (Wildman–Crippen MR) is 94.2 cm³/mol. The Balaban J connectivity index is 2.16. The van der Waals surface area contributed by atoms with E-state index in [9.17, 15) is 9.59 Å². The fourth-order valence-corrected chi connectivity index (χ4v) is 3.66. The van der Waals surface area contributed by atoms with Crippen LogP contribution < -0.4 is 14.8 Å². The number of carboxylic acids is 1. The van der Waals surface area contributed by atoms with Crippen molar-refractivity contribution in [2.45, 2.75) is 25.8 Å². The first-order chi connectivity index (χ1) is 12.4. The molecule has 9 heteroatoms. The Morgan fingerprint density at radius 1 is 1.42 bits per heavy atom. The summed E-state index contributed by atoms with van der Waals surface area (Å²) in [7, 11) is 3.00. The van der Waals surface area contributed by atoms with Crippen molar-refractivity contribution in [3.05, 3.63) is 34.0 Å². The minimum atomic E-state index is -1.05. The van der Waals surface area contributed by atoms with Crippen LogP contribution in [-0.2, 0) is 16.1 Å². The Kier molecular flexibility index (Phi) is 4.78. The molecule has 0 spiro atoms. The summed E-state index contributed by atoms with van der Waals surface area (Å²) < 4.78 is 11.9. The summed E-state index contributed by atoms with van der Waals surface area (Å²) in [5.74, 6) is -0.392. The summed E-state index contributed by atoms with van der Waals surface area (Å²) in [5.41, 5.74) is 2.08. The van der Waals surface area contributed by atoms with Gasteiger partial charge in [0.25, 0.3) is 0 Å². The van der Waals surface area contributed by atoms with Gasteiger partial charge in [-0.15, -0.1) is 0 Å². The average molecular weight is 380 g/mol. The molecule has 2 aromatic rings. The van der Waals surface area contributed by atoms with Gasteiger partial charge in [0.15, 0.2) is 11.5 Å². The molecule has 0 aliphatic carbocycles. The number of methoxy groups -OCH3 is 2. The molecule has 1 aliphatic heterocycles. The number of benzene rings is 1. The summed E-state index contributed by atoms with van der Waals surface area (Å²) in [4.78, 5) is 23.3. The van der Waals surface area contributed by atoms with Crippen LogP contribution in [0.5, 0.6) is 11.5 Å². The number of nitrogens with one attached hydrogen (secondary N) is 1. The lowest BCUT2D eigenvalue weighted by molar-refractivity contribution is -0.137. The third-order valence-corrected chi connectivity index (χ3v) is 4.73. The zero-order valence-electron chi connectivity index (χ0n) is 14.5. The summed E-state index contributed by atoms with van der Waals surface area (Å²) in [6, 6.07) is 3.51. The van der Waals surface area contributed by atoms with E-state index in [2.05, 4.69) is 10.4 Å². The van der Waals surface area contributed by atoms with Gasteiger partial charge in [0.05, 0.1) is 24.9 Å². The third kappa shape index (κ3) is 2.96. The zero-order chi connectivity index (χ0) is 19.0. The number of hydrogen-bond acceptors (Lipinski definition) is 5. The Morgan fingerprint density at radius 2 is 2.15 bits per heavy atom. The highest BCUT2D eigenvalue weighted by molar-refractivity contribution is 6.33. The molecule has 0 radical (unpaired) electrons. The van der Waals surface area contributed by atoms with Gasteiger partial charge >= 0.3 is 5.97 Å². The topological polar surface area (TPSA) is 103 Å². The molecular weight excluding hydrogens is 362 g/mol. The Labute approximate surface area is 154 Å². The lowest BCUT2D eigenvalue weighted by Crippen LogP contribution is -2.26. The van der Waals surface area contributed by atoms with Crippen LogP contribution in [0.1, 0.15) is 29.2 Å². The number of rotatable bonds is 5. The van der Waals surface area contributed by atoms with E-state index in [-0.39, 0.29) is 24.8 Å². The molecule has 0 bridgehead atoms. The number of hydrogen-bond donors (Lipinski definition) is 2. The maximum Gasteiger partial charge on any atom is 0.325 e. The van der Waals surface area contributed by atoms with E-state index in [1.807, 2.05) is 0 Å². The molecule has 26 heavy (non-hydrogen) atoms. The monoisotopic (exact) mass is 379 g/mol. The first-order valence-electron chi connectivity index (χ1n) is 7.86. The van der Waals surface area contributed by atoms with E-state index in [1.54, 1.807) is 19.1 Å². The van der Waals surface area contributed by atoms with E-state index in [1.165, 1.54) is 18.9 Å². The quantitative estimate of drug-likeness (QED) is 0.827. The van der Waals surface area contributed by atoms with E-state index < -0.39 is 5.97 Å². The van der Waals surface area contributed by atoms with Crippen LogP contribution in [0, 0.1) is 6.92 Å². The SMILES string of the molecule is COc1ccc([C@@H]2CC(=O)Nc3c2c(C)nn3CC(=O)O)c(Cl)c1OC. The van der Waals surface area contributed by atoms with Crippen LogP contribution in [0.25, 0.3) is 0 Å². The molecule has 0 fully saturated rings. The van der Waals surface area contributed by atoms with Crippen LogP contribution in [0.2, 0.25) is 5.02 Å². The van der Waals surface area contributed by atoms with Gasteiger partial charge in [-0.25, -0.2) is 4.68 Å². The van der Waals surface area contributed by atoms with Crippen molar-refractivity contribution in [3.8, 4) is 11.5 Å². The maximum absolute atomic E-state index is 12.2. The molecule has 138 valence electrons. The number of halogens is 1. The van der Waals surface area contributed by atoms with E-state index >= 15 is 0 Å². The van der Waals surface area contributed by atoms with Crippen LogP contribution in [0.15, 0.2) is 12.1 Å². The largest absolute Gasteiger partial charge is 0.493 e. The molecular formula is C17H18ClN3O5. The smallest absolute Gasteiger partial charge is 0.325 e. The standard InChI is InChI=1S/C17H18ClN3O5/c1-8-14-10(9-4-5-11(25-2)16(26-3)15(9)18)6-12(22)19-17(14)21(20-8)7-13(23)24/h4-5,10H,6-7H2,1-3H3,(H,19,22)(H,23,24)/t10-/m0/s1. The number of aromatic nitrogens is 2. The van der Waals surface area contributed by atoms with Crippen LogP contribution >= 0.6 is 11.6 Å². The highest BCUT2D eigenvalue weighted by Gasteiger charge is 2.34. The van der Waals surface area contributed by atoms with Gasteiger partial charge in [-0.1, -0.05) is 17.7 Å². The Bertz CT molecular complexity index is 893. The number of aryl methyl sites for hydroxylation is 1. The number of carboxylic acid groups (broad SMARTS) is 1. The number of anilines is 1. The molecule has 3 rings (SSSR count). The highest BCUT2D eigenvalue weighted by Crippen LogP contribution is 2.46. The molecule has 2 heterocycles. The third-order valence-electron chi connectivity index (χ3n) is 4.34. The summed E-state index contributed by atoms with van der Waals surface area (Å²) in [5, 5.41) is 16.4. The number of fused-ring (bicyclic) bond motifs is 1. The van der Waals surface area contributed by atoms with Gasteiger partial charge in [-0.05, 0) is 18.6 Å². The highest BCUT2D eigenvalue weighted by atomic mass is 35.5.